The van der Waals surface area contributed by atoms with Crippen LogP contribution < -0.4 is 10.5 Å². The molecular weight excluding hydrogens is 375 g/mol. The summed E-state index contributed by atoms with van der Waals surface area (Å²) in [7, 11) is -4.18. The highest BCUT2D eigenvalue weighted by Gasteiger charge is 2.27. The molecule has 1 aromatic rings. The summed E-state index contributed by atoms with van der Waals surface area (Å²) < 4.78 is 40.6. The topological polar surface area (TPSA) is 92.4 Å². The standard InChI is InChI=1S/C11H15BrClFN2O3S/c1-5(2)7(4-17)16-20(18,19)8-3-6(13)9(12)11(15)10(8)14/h3,5,7,16-17H,4,15H2,1-2H3/t7-/m1/s1. The Bertz CT molecular complexity index is 610. The van der Waals surface area contributed by atoms with E-state index in [1.165, 1.54) is 0 Å². The maximum atomic E-state index is 14.0. The minimum atomic E-state index is -4.18. The number of aliphatic hydroxyl groups excluding tert-OH is 1. The van der Waals surface area contributed by atoms with Gasteiger partial charge in [0.25, 0.3) is 0 Å². The maximum Gasteiger partial charge on any atom is 0.243 e. The van der Waals surface area contributed by atoms with Gasteiger partial charge in [-0.2, -0.15) is 0 Å². The monoisotopic (exact) mass is 388 g/mol. The number of nitrogen functional groups attached to an aromatic ring is 1. The van der Waals surface area contributed by atoms with Crippen molar-refractivity contribution in [3.63, 3.8) is 0 Å². The molecular formula is C11H15BrClFN2O3S. The van der Waals surface area contributed by atoms with E-state index in [1.807, 2.05) is 0 Å². The van der Waals surface area contributed by atoms with Crippen LogP contribution in [-0.4, -0.2) is 26.2 Å². The Balaban J connectivity index is 3.30. The highest BCUT2D eigenvalue weighted by Crippen LogP contribution is 2.34. The molecule has 4 N–H and O–H groups in total. The lowest BCUT2D eigenvalue weighted by Gasteiger charge is -2.20. The number of anilines is 1. The molecule has 0 aliphatic rings. The maximum absolute atomic E-state index is 14.0. The summed E-state index contributed by atoms with van der Waals surface area (Å²) in [5, 5.41) is 9.13. The second kappa shape index (κ2) is 6.57. The van der Waals surface area contributed by atoms with Crippen LogP contribution in [0.15, 0.2) is 15.4 Å². The Hall–Kier alpha value is -0.410. The van der Waals surface area contributed by atoms with E-state index in [4.69, 9.17) is 22.4 Å². The number of sulfonamides is 1. The molecule has 0 unspecified atom stereocenters. The molecule has 0 radical (unpaired) electrons. The lowest BCUT2D eigenvalue weighted by atomic mass is 10.1. The number of nitrogens with one attached hydrogen (secondary N) is 1. The van der Waals surface area contributed by atoms with Gasteiger partial charge in [0.1, 0.15) is 4.90 Å². The summed E-state index contributed by atoms with van der Waals surface area (Å²) in [6, 6.07) is 0.233. The zero-order chi connectivity index (χ0) is 15.7. The van der Waals surface area contributed by atoms with Gasteiger partial charge in [0.05, 0.1) is 21.8 Å². The summed E-state index contributed by atoms with van der Waals surface area (Å²) in [6.45, 7) is 3.05. The molecule has 0 saturated heterocycles. The van der Waals surface area contributed by atoms with Crippen LogP contribution in [0.1, 0.15) is 13.8 Å². The largest absolute Gasteiger partial charge is 0.395 e. The van der Waals surface area contributed by atoms with Gasteiger partial charge in [-0.05, 0) is 27.9 Å². The molecule has 0 fully saturated rings. The SMILES string of the molecule is CC(C)[C@@H](CO)NS(=O)(=O)c1cc(Cl)c(Br)c(N)c1F. The van der Waals surface area contributed by atoms with E-state index >= 15 is 0 Å². The first-order chi connectivity index (χ1) is 9.11. The Labute approximate surface area is 130 Å². The number of rotatable bonds is 5. The molecule has 1 aromatic carbocycles. The molecule has 0 amide bonds. The Morgan fingerprint density at radius 3 is 2.55 bits per heavy atom. The fourth-order valence-corrected chi connectivity index (χ4v) is 3.50. The number of halogens is 3. The van der Waals surface area contributed by atoms with Crippen molar-refractivity contribution in [3.05, 3.63) is 21.4 Å². The quantitative estimate of drug-likeness (QED) is 0.531. The van der Waals surface area contributed by atoms with Crippen LogP contribution in [0.2, 0.25) is 5.02 Å². The zero-order valence-electron chi connectivity index (χ0n) is 10.8. The Morgan fingerprint density at radius 2 is 2.10 bits per heavy atom. The van der Waals surface area contributed by atoms with Gasteiger partial charge in [-0.1, -0.05) is 25.4 Å². The number of aliphatic hydroxyl groups is 1. The van der Waals surface area contributed by atoms with Crippen LogP contribution in [0.4, 0.5) is 10.1 Å². The van der Waals surface area contributed by atoms with Crippen LogP contribution in [0, 0.1) is 11.7 Å². The van der Waals surface area contributed by atoms with Crippen molar-refractivity contribution >= 4 is 43.2 Å². The first-order valence-electron chi connectivity index (χ1n) is 5.68. The molecule has 0 aromatic heterocycles. The molecule has 0 bridgehead atoms. The van der Waals surface area contributed by atoms with Crippen LogP contribution in [-0.2, 0) is 10.0 Å². The number of hydrogen-bond donors (Lipinski definition) is 3. The minimum Gasteiger partial charge on any atom is -0.395 e. The minimum absolute atomic E-state index is 0.0191. The molecule has 0 heterocycles. The van der Waals surface area contributed by atoms with E-state index < -0.39 is 33.4 Å². The van der Waals surface area contributed by atoms with Crippen LogP contribution in [0.5, 0.6) is 0 Å². The lowest BCUT2D eigenvalue weighted by Crippen LogP contribution is -2.41. The van der Waals surface area contributed by atoms with Crippen molar-refractivity contribution in [1.29, 1.82) is 0 Å². The fourth-order valence-electron chi connectivity index (χ4n) is 1.44. The average Bonchev–Trinajstić information content (AvgIpc) is 2.37. The highest BCUT2D eigenvalue weighted by molar-refractivity contribution is 9.10. The molecule has 5 nitrogen and oxygen atoms in total. The molecule has 114 valence electrons. The van der Waals surface area contributed by atoms with Gasteiger partial charge in [-0.25, -0.2) is 17.5 Å². The summed E-state index contributed by atoms with van der Waals surface area (Å²) in [4.78, 5) is -0.651. The van der Waals surface area contributed by atoms with Gasteiger partial charge in [-0.15, -0.1) is 0 Å². The van der Waals surface area contributed by atoms with E-state index in [0.29, 0.717) is 0 Å². The van der Waals surface area contributed by atoms with Gasteiger partial charge >= 0.3 is 0 Å². The fraction of sp³-hybridized carbons (Fsp3) is 0.455. The van der Waals surface area contributed by atoms with Crippen LogP contribution in [0.25, 0.3) is 0 Å². The Kier molecular flexibility index (Phi) is 5.79. The van der Waals surface area contributed by atoms with Gasteiger partial charge in [0.2, 0.25) is 10.0 Å². The molecule has 0 spiro atoms. The van der Waals surface area contributed by atoms with E-state index in [1.54, 1.807) is 13.8 Å². The van der Waals surface area contributed by atoms with Gasteiger partial charge in [0, 0.05) is 6.04 Å². The van der Waals surface area contributed by atoms with Gasteiger partial charge in [-0.3, -0.25) is 0 Å². The first kappa shape index (κ1) is 17.6. The van der Waals surface area contributed by atoms with Gasteiger partial charge in [0.15, 0.2) is 5.82 Å². The molecule has 0 aliphatic heterocycles. The number of nitrogens with two attached hydrogens (primary N) is 1. The smallest absolute Gasteiger partial charge is 0.243 e. The molecule has 0 saturated carbocycles. The highest BCUT2D eigenvalue weighted by atomic mass is 79.9. The predicted molar refractivity (Wildman–Crippen MR) is 79.6 cm³/mol. The second-order valence-electron chi connectivity index (χ2n) is 4.55. The third-order valence-electron chi connectivity index (χ3n) is 2.75. The molecule has 1 rings (SSSR count). The van der Waals surface area contributed by atoms with Crippen molar-refractivity contribution in [2.75, 3.05) is 12.3 Å². The average molecular weight is 390 g/mol. The number of hydrogen-bond acceptors (Lipinski definition) is 4. The van der Waals surface area contributed by atoms with Crippen molar-refractivity contribution in [1.82, 2.24) is 4.72 Å². The molecule has 0 aliphatic carbocycles. The summed E-state index contributed by atoms with van der Waals surface area (Å²) in [6.07, 6.45) is 0. The number of benzene rings is 1. The van der Waals surface area contributed by atoms with E-state index in [0.717, 1.165) is 6.07 Å². The van der Waals surface area contributed by atoms with E-state index in [2.05, 4.69) is 20.7 Å². The third-order valence-corrected chi connectivity index (χ3v) is 5.62. The molecule has 20 heavy (non-hydrogen) atoms. The molecule has 1 atom stereocenters. The Morgan fingerprint density at radius 1 is 1.55 bits per heavy atom. The zero-order valence-corrected chi connectivity index (χ0v) is 14.0. The van der Waals surface area contributed by atoms with Gasteiger partial charge < -0.3 is 10.8 Å². The van der Waals surface area contributed by atoms with Crippen molar-refractivity contribution in [2.24, 2.45) is 5.92 Å². The third kappa shape index (κ3) is 3.62. The second-order valence-corrected chi connectivity index (χ2v) is 7.44. The molecule has 9 heteroatoms. The van der Waals surface area contributed by atoms with Crippen LogP contribution in [0.3, 0.4) is 0 Å². The normalized spacial score (nSPS) is 13.8. The predicted octanol–water partition coefficient (Wildman–Crippen LogP) is 2.12. The van der Waals surface area contributed by atoms with Crippen molar-refractivity contribution in [3.8, 4) is 0 Å². The summed E-state index contributed by atoms with van der Waals surface area (Å²) in [5.74, 6) is -1.25. The lowest BCUT2D eigenvalue weighted by molar-refractivity contribution is 0.227. The van der Waals surface area contributed by atoms with Crippen molar-refractivity contribution < 1.29 is 17.9 Å². The van der Waals surface area contributed by atoms with E-state index in [-0.39, 0.29) is 21.1 Å². The summed E-state index contributed by atoms with van der Waals surface area (Å²) >= 11 is 8.76. The first-order valence-corrected chi connectivity index (χ1v) is 8.33. The van der Waals surface area contributed by atoms with Crippen molar-refractivity contribution in [2.45, 2.75) is 24.8 Å². The van der Waals surface area contributed by atoms with E-state index in [9.17, 15) is 12.8 Å². The summed E-state index contributed by atoms with van der Waals surface area (Å²) in [5.41, 5.74) is 5.07. The van der Waals surface area contributed by atoms with Crippen LogP contribution >= 0.6 is 27.5 Å².